The average molecular weight is 1870 g/mol. The molecule has 6 aliphatic rings. The highest BCUT2D eigenvalue weighted by atomic mass is 28.6. The molecule has 0 aromatic rings. The van der Waals surface area contributed by atoms with Crippen molar-refractivity contribution < 1.29 is 117 Å². The highest BCUT2D eigenvalue weighted by molar-refractivity contribution is 6.99. The number of carbonyl (C=O) groups excluding carboxylic acids is 4. The van der Waals surface area contributed by atoms with Gasteiger partial charge in [-0.05, 0) is 171 Å². The lowest BCUT2D eigenvalue weighted by atomic mass is 10.3. The Hall–Kier alpha value is -0.0799. The molecule has 0 aromatic carbocycles. The summed E-state index contributed by atoms with van der Waals surface area (Å²) >= 11 is 0. The van der Waals surface area contributed by atoms with Crippen LogP contribution < -0.4 is 16.4 Å². The van der Waals surface area contributed by atoms with Gasteiger partial charge in [-0.2, -0.15) is 0 Å². The van der Waals surface area contributed by atoms with Crippen molar-refractivity contribution >= 4 is 163 Å². The van der Waals surface area contributed by atoms with E-state index in [-0.39, 0.29) is 6.03 Å². The van der Waals surface area contributed by atoms with E-state index in [0.717, 1.165) is 32.2 Å². The number of nitrogens with one attached hydrogen (secondary N) is 2. The van der Waals surface area contributed by atoms with Crippen molar-refractivity contribution in [1.82, 2.24) is 10.6 Å². The minimum absolute atomic E-state index is 0.127. The zero-order valence-electron chi connectivity index (χ0n) is 75.9. The lowest BCUT2D eigenvalue weighted by molar-refractivity contribution is 0.0702. The molecule has 2 amide bonds. The minimum Gasteiger partial charge on any atom is -0.411 e. The van der Waals surface area contributed by atoms with Crippen molar-refractivity contribution in [2.75, 3.05) is 59.1 Å². The molecule has 111 heavy (non-hydrogen) atoms. The normalized spacial score (nSPS) is 25.2. The van der Waals surface area contributed by atoms with Crippen LogP contribution in [0.1, 0.15) is 169 Å². The van der Waals surface area contributed by atoms with Gasteiger partial charge < -0.3 is 114 Å². The van der Waals surface area contributed by atoms with Crippen molar-refractivity contribution in [2.45, 2.75) is 324 Å². The van der Waals surface area contributed by atoms with Crippen LogP contribution in [0.4, 0.5) is 4.79 Å². The number of unbranched alkanes of at least 4 members (excludes halogenated alkanes) is 2. The quantitative estimate of drug-likeness (QED) is 0.0162. The van der Waals surface area contributed by atoms with Crippen LogP contribution in [0.3, 0.4) is 0 Å². The molecular formula is C62H160N6O27Si16. The van der Waals surface area contributed by atoms with Gasteiger partial charge >= 0.3 is 145 Å². The number of aliphatic imine (C=N–C) groups is 3. The second kappa shape index (κ2) is 59.6. The third-order valence-electron chi connectivity index (χ3n) is 12.8. The van der Waals surface area contributed by atoms with Crippen molar-refractivity contribution in [2.24, 2.45) is 20.7 Å². The fourth-order valence-electron chi connectivity index (χ4n) is 11.1. The molecule has 6 saturated heterocycles. The second-order valence-corrected chi connectivity index (χ2v) is 79.3. The fraction of sp³-hybridized carbons (Fsp3) is 0.935. The maximum absolute atomic E-state index is 11.7. The monoisotopic (exact) mass is 1870 g/mol. The van der Waals surface area contributed by atoms with Crippen molar-refractivity contribution in [1.29, 1.82) is 0 Å². The molecule has 0 aliphatic carbocycles. The molecule has 33 nitrogen and oxygen atoms in total. The number of nitrogens with two attached hydrogens (primary N) is 1. The smallest absolute Gasteiger partial charge is 0.411 e. The van der Waals surface area contributed by atoms with Crippen LogP contribution in [-0.2, 0) is 97.6 Å². The number of hydrogen-bond donors (Lipinski definition) is 6. The number of isocyanates is 3. The van der Waals surface area contributed by atoms with E-state index in [0.29, 0.717) is 89.6 Å². The Morgan fingerprint density at radius 1 is 0.378 bits per heavy atom. The SMILES string of the molecule is CC.CC.CC.CC.CC.CC.CCCCN.CCCCNC(=O)NCCC[Si]12O[Si](C)(C)O[Si](C)(O[Si](C)(C)O1)O2.CCO[Si](CCCN=C=O)(OCC)OCC.C[Si](C)(O)O[Si](C)(O)O[Si](C)(C)O.C[Si]1(C)O[Si]2(C)O[Si](C)(C)O[Si](CCCN=C=O)(O1)O2.C[Si]1(C)O[Si]2(C)O[Si](C)(C)O[Si](CCCN=C=O)(O1)O2. The van der Waals surface area contributed by atoms with E-state index in [1.807, 2.05) is 202 Å². The van der Waals surface area contributed by atoms with Crippen LogP contribution in [0.25, 0.3) is 0 Å². The van der Waals surface area contributed by atoms with Gasteiger partial charge in [0.05, 0.1) is 19.6 Å². The molecule has 664 valence electrons. The second-order valence-electron chi connectivity index (χ2n) is 27.6. The maximum atomic E-state index is 11.7. The number of amides is 2. The number of urea groups is 1. The van der Waals surface area contributed by atoms with Gasteiger partial charge in [-0.1, -0.05) is 110 Å². The van der Waals surface area contributed by atoms with Crippen molar-refractivity contribution in [3.8, 4) is 0 Å². The number of nitrogens with zero attached hydrogens (tertiary/aromatic N) is 3. The molecular weight excluding hydrogens is 1710 g/mol. The number of fused-ring (bicyclic) bond motifs is 6. The Kier molecular flexibility index (Phi) is 65.4. The summed E-state index contributed by atoms with van der Waals surface area (Å²) < 4.78 is 119. The standard InChI is InChI=1S/C13H32N2O6Si4.C10H21NO4Si.2C9H21NO6Si4.C5H18O5Si3.C4H11N.6C2H6/c1-7-8-10-14-13(16)15-11-9-12-25-19-22(2,3)17-24(6,21-25)18-23(4,5)20-25;1-4-13-16(14-5-2,15-6-3)9-7-8-11-10-12;2*1-17(2)12-19(5)13-18(3,4)15-20(14-17,16-19)8-6-7-10-9-11;1-11(2,6)9-13(5,8)10-12(3,4)7;1-2-3-4-5;6*1-2/h7-12H2,1-6H3,(H2,14,15,16);4-9H2,1-3H3;2*6-8H2,1-5H3;6-8H,1-5H3;2-5H2,1H3;6*1-2H3. The van der Waals surface area contributed by atoms with Gasteiger partial charge in [0.2, 0.25) is 18.2 Å². The predicted molar refractivity (Wildman–Crippen MR) is 474 cm³/mol. The van der Waals surface area contributed by atoms with Gasteiger partial charge in [-0.15, -0.1) is 0 Å². The van der Waals surface area contributed by atoms with Crippen LogP contribution in [-0.4, -0.2) is 237 Å². The number of hydrogen-bond acceptors (Lipinski definition) is 31. The highest BCUT2D eigenvalue weighted by Gasteiger charge is 2.70. The highest BCUT2D eigenvalue weighted by Crippen LogP contribution is 2.45. The largest absolute Gasteiger partial charge is 0.500 e. The summed E-state index contributed by atoms with van der Waals surface area (Å²) in [4.78, 5) is 81.0. The van der Waals surface area contributed by atoms with Gasteiger partial charge in [-0.25, -0.2) is 34.2 Å². The summed E-state index contributed by atoms with van der Waals surface area (Å²) in [5.74, 6) is 0. The van der Waals surface area contributed by atoms with Gasteiger partial charge in [0.1, 0.15) is 0 Å². The zero-order valence-corrected chi connectivity index (χ0v) is 91.9. The van der Waals surface area contributed by atoms with Crippen LogP contribution in [0, 0.1) is 0 Å². The van der Waals surface area contributed by atoms with Crippen LogP contribution in [0.2, 0.25) is 155 Å². The maximum Gasteiger partial charge on any atom is 0.500 e. The van der Waals surface area contributed by atoms with E-state index in [4.69, 9.17) is 89.0 Å². The Bertz CT molecular complexity index is 2390. The topological polar surface area (TPSA) is 401 Å². The first-order chi connectivity index (χ1) is 51.3. The summed E-state index contributed by atoms with van der Waals surface area (Å²) in [5.41, 5.74) is 5.14. The van der Waals surface area contributed by atoms with Crippen LogP contribution in [0.15, 0.2) is 15.0 Å². The first-order valence-corrected chi connectivity index (χ1v) is 79.4. The van der Waals surface area contributed by atoms with Gasteiger partial charge in [-0.3, -0.25) is 0 Å². The van der Waals surface area contributed by atoms with E-state index >= 15 is 0 Å². The minimum atomic E-state index is -3.35. The molecule has 0 radical (unpaired) electrons. The predicted octanol–water partition coefficient (Wildman–Crippen LogP) is 14.6. The Balaban J connectivity index is -0.000000298. The third-order valence-corrected chi connectivity index (χ3v) is 74.0. The van der Waals surface area contributed by atoms with Crippen molar-refractivity contribution in [3.63, 3.8) is 0 Å². The van der Waals surface area contributed by atoms with E-state index in [2.05, 4.69) is 39.5 Å². The summed E-state index contributed by atoms with van der Waals surface area (Å²) in [7, 11) is -41.7. The van der Waals surface area contributed by atoms with E-state index in [9.17, 15) is 33.6 Å². The lowest BCUT2D eigenvalue weighted by Gasteiger charge is -2.55. The zero-order chi connectivity index (χ0) is 88.2. The summed E-state index contributed by atoms with van der Waals surface area (Å²) in [6.07, 6.45) is 11.9. The van der Waals surface area contributed by atoms with Crippen LogP contribution >= 0.6 is 0 Å². The Morgan fingerprint density at radius 3 is 0.838 bits per heavy atom. The molecule has 0 aromatic heterocycles. The van der Waals surface area contributed by atoms with Gasteiger partial charge in [0, 0.05) is 83.3 Å². The molecule has 6 rings (SSSR count). The fourth-order valence-corrected chi connectivity index (χ4v) is 86.3. The van der Waals surface area contributed by atoms with Gasteiger partial charge in [0.15, 0.2) is 0 Å². The summed E-state index contributed by atoms with van der Waals surface area (Å²) in [5, 5.41) is 5.72. The van der Waals surface area contributed by atoms with Crippen molar-refractivity contribution in [3.05, 3.63) is 0 Å². The molecule has 49 heteroatoms. The molecule has 6 aliphatic heterocycles. The van der Waals surface area contributed by atoms with E-state index < -0.39 is 139 Å². The Morgan fingerprint density at radius 2 is 0.622 bits per heavy atom. The first-order valence-electron chi connectivity index (χ1n) is 40.1. The summed E-state index contributed by atoms with van der Waals surface area (Å²) in [6, 6.07) is 2.51. The molecule has 0 atom stereocenters. The van der Waals surface area contributed by atoms with E-state index in [1.54, 1.807) is 12.2 Å². The number of rotatable bonds is 31. The molecule has 6 heterocycles. The third kappa shape index (κ3) is 57.0. The van der Waals surface area contributed by atoms with Gasteiger partial charge in [0.25, 0.3) is 0 Å². The van der Waals surface area contributed by atoms with Crippen LogP contribution in [0.5, 0.6) is 0 Å². The molecule has 0 saturated carbocycles. The van der Waals surface area contributed by atoms with E-state index in [1.165, 1.54) is 51.7 Å². The molecule has 6 bridgehead atoms. The Labute approximate surface area is 689 Å². The molecule has 0 spiro atoms. The average Bonchev–Trinajstić information content (AvgIpc) is 0.747. The first kappa shape index (κ1) is 122. The molecule has 6 fully saturated rings. The molecule has 0 unspecified atom stereocenters. The number of carbonyl (C=O) groups is 1. The summed E-state index contributed by atoms with van der Waals surface area (Å²) in [6.45, 7) is 76.3. The lowest BCUT2D eigenvalue weighted by Crippen LogP contribution is -2.77. The molecule has 7 N–H and O–H groups in total.